The molecule has 0 fully saturated rings. The SMILES string of the molecule is COc1cc(-c2ccccc2C(F)(F)F)nc(C)c1C. The van der Waals surface area contributed by atoms with Crippen LogP contribution in [0.2, 0.25) is 0 Å². The molecule has 0 saturated carbocycles. The van der Waals surface area contributed by atoms with Crippen molar-refractivity contribution in [2.75, 3.05) is 7.11 Å². The Hall–Kier alpha value is -2.04. The molecular weight excluding hydrogens is 267 g/mol. The van der Waals surface area contributed by atoms with Crippen LogP contribution in [0.15, 0.2) is 30.3 Å². The highest BCUT2D eigenvalue weighted by Gasteiger charge is 2.33. The third-order valence-corrected chi connectivity index (χ3v) is 3.20. The summed E-state index contributed by atoms with van der Waals surface area (Å²) in [6.07, 6.45) is -4.41. The number of halogens is 3. The summed E-state index contributed by atoms with van der Waals surface area (Å²) in [6, 6.07) is 6.93. The molecule has 0 radical (unpaired) electrons. The van der Waals surface area contributed by atoms with Crippen molar-refractivity contribution in [1.29, 1.82) is 0 Å². The van der Waals surface area contributed by atoms with E-state index < -0.39 is 11.7 Å². The van der Waals surface area contributed by atoms with E-state index in [1.807, 2.05) is 6.92 Å². The number of rotatable bonds is 2. The quantitative estimate of drug-likeness (QED) is 0.814. The number of ether oxygens (including phenoxy) is 1. The average molecular weight is 281 g/mol. The van der Waals surface area contributed by atoms with Gasteiger partial charge in [-0.3, -0.25) is 4.98 Å². The third kappa shape index (κ3) is 2.61. The van der Waals surface area contributed by atoms with Crippen LogP contribution in [0.3, 0.4) is 0 Å². The predicted molar refractivity (Wildman–Crippen MR) is 70.7 cm³/mol. The first-order valence-corrected chi connectivity index (χ1v) is 6.03. The molecule has 0 aliphatic heterocycles. The van der Waals surface area contributed by atoms with Crippen LogP contribution >= 0.6 is 0 Å². The van der Waals surface area contributed by atoms with E-state index in [4.69, 9.17) is 4.74 Å². The van der Waals surface area contributed by atoms with Crippen LogP contribution in [-0.4, -0.2) is 12.1 Å². The Morgan fingerprint density at radius 2 is 1.75 bits per heavy atom. The number of aromatic nitrogens is 1. The lowest BCUT2D eigenvalue weighted by atomic mass is 10.0. The number of pyridine rings is 1. The van der Waals surface area contributed by atoms with Crippen molar-refractivity contribution < 1.29 is 17.9 Å². The minimum absolute atomic E-state index is 0.0569. The van der Waals surface area contributed by atoms with Gasteiger partial charge in [0.05, 0.1) is 18.4 Å². The minimum atomic E-state index is -4.41. The van der Waals surface area contributed by atoms with Gasteiger partial charge in [-0.15, -0.1) is 0 Å². The van der Waals surface area contributed by atoms with Gasteiger partial charge in [-0.05, 0) is 19.9 Å². The molecule has 0 spiro atoms. The number of benzene rings is 1. The molecular formula is C15H14F3NO. The highest BCUT2D eigenvalue weighted by atomic mass is 19.4. The van der Waals surface area contributed by atoms with Crippen molar-refractivity contribution in [3.8, 4) is 17.0 Å². The molecule has 0 aliphatic rings. The fourth-order valence-corrected chi connectivity index (χ4v) is 2.01. The van der Waals surface area contributed by atoms with E-state index in [0.29, 0.717) is 11.4 Å². The van der Waals surface area contributed by atoms with E-state index in [9.17, 15) is 13.2 Å². The van der Waals surface area contributed by atoms with E-state index in [1.54, 1.807) is 13.0 Å². The molecule has 5 heteroatoms. The number of nitrogens with zero attached hydrogens (tertiary/aromatic N) is 1. The summed E-state index contributed by atoms with van der Waals surface area (Å²) in [5.74, 6) is 0.532. The highest BCUT2D eigenvalue weighted by Crippen LogP contribution is 2.37. The molecule has 0 saturated heterocycles. The van der Waals surface area contributed by atoms with E-state index in [-0.39, 0.29) is 11.3 Å². The molecule has 0 amide bonds. The normalized spacial score (nSPS) is 11.5. The summed E-state index contributed by atoms with van der Waals surface area (Å²) >= 11 is 0. The Morgan fingerprint density at radius 1 is 1.10 bits per heavy atom. The maximum absolute atomic E-state index is 13.0. The molecule has 1 aromatic heterocycles. The summed E-state index contributed by atoms with van der Waals surface area (Å²) < 4.78 is 44.3. The van der Waals surface area contributed by atoms with Crippen LogP contribution in [0.5, 0.6) is 5.75 Å². The Labute approximate surface area is 115 Å². The first-order chi connectivity index (χ1) is 9.34. The highest BCUT2D eigenvalue weighted by molar-refractivity contribution is 5.66. The second-order valence-electron chi connectivity index (χ2n) is 4.46. The largest absolute Gasteiger partial charge is 0.496 e. The summed E-state index contributed by atoms with van der Waals surface area (Å²) in [6.45, 7) is 3.57. The van der Waals surface area contributed by atoms with Gasteiger partial charge >= 0.3 is 6.18 Å². The zero-order valence-electron chi connectivity index (χ0n) is 11.4. The van der Waals surface area contributed by atoms with Crippen molar-refractivity contribution in [2.45, 2.75) is 20.0 Å². The van der Waals surface area contributed by atoms with E-state index >= 15 is 0 Å². The van der Waals surface area contributed by atoms with E-state index in [0.717, 1.165) is 11.6 Å². The van der Waals surface area contributed by atoms with Gasteiger partial charge in [-0.25, -0.2) is 0 Å². The Balaban J connectivity index is 2.67. The molecule has 20 heavy (non-hydrogen) atoms. The van der Waals surface area contributed by atoms with Crippen molar-refractivity contribution in [3.63, 3.8) is 0 Å². The maximum atomic E-state index is 13.0. The average Bonchev–Trinajstić information content (AvgIpc) is 2.40. The lowest BCUT2D eigenvalue weighted by molar-refractivity contribution is -0.137. The van der Waals surface area contributed by atoms with Gasteiger partial charge in [-0.2, -0.15) is 13.2 Å². The van der Waals surface area contributed by atoms with Crippen LogP contribution in [-0.2, 0) is 6.18 Å². The third-order valence-electron chi connectivity index (χ3n) is 3.20. The molecule has 0 atom stereocenters. The summed E-state index contributed by atoms with van der Waals surface area (Å²) in [4.78, 5) is 4.25. The van der Waals surface area contributed by atoms with Gasteiger partial charge in [0.25, 0.3) is 0 Å². The molecule has 0 aliphatic carbocycles. The Bertz CT molecular complexity index is 636. The van der Waals surface area contributed by atoms with Crippen molar-refractivity contribution in [1.82, 2.24) is 4.98 Å². The van der Waals surface area contributed by atoms with Crippen LogP contribution in [0.4, 0.5) is 13.2 Å². The lowest BCUT2D eigenvalue weighted by Crippen LogP contribution is -2.08. The molecule has 2 aromatic rings. The fourth-order valence-electron chi connectivity index (χ4n) is 2.01. The standard InChI is InChI=1S/C15H14F3NO/c1-9-10(2)19-13(8-14(9)20-3)11-6-4-5-7-12(11)15(16,17)18/h4-8H,1-3H3. The van der Waals surface area contributed by atoms with Crippen molar-refractivity contribution in [3.05, 3.63) is 47.2 Å². The van der Waals surface area contributed by atoms with Crippen LogP contribution in [0, 0.1) is 13.8 Å². The van der Waals surface area contributed by atoms with Crippen LogP contribution < -0.4 is 4.74 Å². The molecule has 2 nitrogen and oxygen atoms in total. The Kier molecular flexibility index (Phi) is 3.70. The number of hydrogen-bond acceptors (Lipinski definition) is 2. The number of hydrogen-bond donors (Lipinski definition) is 0. The predicted octanol–water partition coefficient (Wildman–Crippen LogP) is 4.39. The van der Waals surface area contributed by atoms with Gasteiger partial charge in [0.2, 0.25) is 0 Å². The van der Waals surface area contributed by atoms with Crippen molar-refractivity contribution in [2.24, 2.45) is 0 Å². The second-order valence-corrected chi connectivity index (χ2v) is 4.46. The van der Waals surface area contributed by atoms with E-state index in [1.165, 1.54) is 25.3 Å². The number of alkyl halides is 3. The second kappa shape index (κ2) is 5.15. The number of methoxy groups -OCH3 is 1. The Morgan fingerprint density at radius 3 is 2.35 bits per heavy atom. The molecule has 106 valence electrons. The zero-order valence-corrected chi connectivity index (χ0v) is 11.4. The molecule has 1 heterocycles. The van der Waals surface area contributed by atoms with Gasteiger partial charge in [-0.1, -0.05) is 18.2 Å². The lowest BCUT2D eigenvalue weighted by Gasteiger charge is -2.14. The van der Waals surface area contributed by atoms with Gasteiger partial charge < -0.3 is 4.74 Å². The number of aryl methyl sites for hydroxylation is 1. The smallest absolute Gasteiger partial charge is 0.417 e. The van der Waals surface area contributed by atoms with Crippen LogP contribution in [0.1, 0.15) is 16.8 Å². The summed E-state index contributed by atoms with van der Waals surface area (Å²) in [7, 11) is 1.49. The van der Waals surface area contributed by atoms with Crippen molar-refractivity contribution >= 4 is 0 Å². The molecule has 0 N–H and O–H groups in total. The first-order valence-electron chi connectivity index (χ1n) is 6.03. The monoisotopic (exact) mass is 281 g/mol. The fraction of sp³-hybridized carbons (Fsp3) is 0.267. The summed E-state index contributed by atoms with van der Waals surface area (Å²) in [5.41, 5.74) is 1.09. The van der Waals surface area contributed by atoms with E-state index in [2.05, 4.69) is 4.98 Å². The molecule has 0 unspecified atom stereocenters. The van der Waals surface area contributed by atoms with Gasteiger partial charge in [0.1, 0.15) is 5.75 Å². The maximum Gasteiger partial charge on any atom is 0.417 e. The van der Waals surface area contributed by atoms with Gasteiger partial charge in [0.15, 0.2) is 0 Å². The van der Waals surface area contributed by atoms with Gasteiger partial charge in [0, 0.05) is 22.9 Å². The summed E-state index contributed by atoms with van der Waals surface area (Å²) in [5, 5.41) is 0. The minimum Gasteiger partial charge on any atom is -0.496 e. The molecule has 1 aromatic carbocycles. The first kappa shape index (κ1) is 14.4. The molecule has 0 bridgehead atoms. The van der Waals surface area contributed by atoms with Crippen LogP contribution in [0.25, 0.3) is 11.3 Å². The molecule has 2 rings (SSSR count). The topological polar surface area (TPSA) is 22.1 Å². The zero-order chi connectivity index (χ0) is 14.9.